The van der Waals surface area contributed by atoms with Crippen molar-refractivity contribution >= 4 is 11.9 Å². The van der Waals surface area contributed by atoms with E-state index in [-0.39, 0.29) is 18.0 Å². The molecular formula is C66H132O4. The average Bonchev–Trinajstić information content (AvgIpc) is 3.35. The summed E-state index contributed by atoms with van der Waals surface area (Å²) in [5.74, 6) is 0.966. The van der Waals surface area contributed by atoms with Crippen molar-refractivity contribution in [2.75, 3.05) is 6.61 Å². The fraction of sp³-hybridized carbons (Fsp3) is 0.970. The molecule has 0 heterocycles. The van der Waals surface area contributed by atoms with Crippen LogP contribution in [0, 0.1) is 5.92 Å². The van der Waals surface area contributed by atoms with E-state index in [1.54, 1.807) is 0 Å². The summed E-state index contributed by atoms with van der Waals surface area (Å²) in [6.45, 7) is 14.4. The van der Waals surface area contributed by atoms with E-state index in [1.165, 1.54) is 308 Å². The van der Waals surface area contributed by atoms with Gasteiger partial charge >= 0.3 is 11.9 Å². The van der Waals surface area contributed by atoms with Gasteiger partial charge in [0, 0.05) is 12.8 Å². The molecule has 70 heavy (non-hydrogen) atoms. The van der Waals surface area contributed by atoms with Crippen LogP contribution in [0.2, 0.25) is 0 Å². The number of hydrogen-bond donors (Lipinski definition) is 0. The summed E-state index contributed by atoms with van der Waals surface area (Å²) in [4.78, 5) is 24.4. The van der Waals surface area contributed by atoms with Crippen molar-refractivity contribution in [3.05, 3.63) is 0 Å². The summed E-state index contributed by atoms with van der Waals surface area (Å²) >= 11 is 0. The number of carbonyl (C=O) groups excluding carboxylic acids is 2. The number of carbonyl (C=O) groups is 2. The van der Waals surface area contributed by atoms with Gasteiger partial charge in [0.2, 0.25) is 0 Å². The van der Waals surface area contributed by atoms with Gasteiger partial charge in [-0.25, -0.2) is 0 Å². The Hall–Kier alpha value is -1.06. The summed E-state index contributed by atoms with van der Waals surface area (Å²) in [7, 11) is 0. The zero-order valence-corrected chi connectivity index (χ0v) is 49.4. The van der Waals surface area contributed by atoms with Gasteiger partial charge in [0.05, 0.1) is 6.61 Å². The molecular weight excluding hydrogens is 857 g/mol. The molecule has 1 atom stereocenters. The Balaban J connectivity index is 0. The molecule has 0 aliphatic carbocycles. The highest BCUT2D eigenvalue weighted by atomic mass is 16.5. The molecule has 0 fully saturated rings. The van der Waals surface area contributed by atoms with Gasteiger partial charge in [0.25, 0.3) is 0 Å². The first kappa shape index (κ1) is 71.0. The molecule has 0 rings (SSSR count). The number of ether oxygens (including phenoxy) is 2. The van der Waals surface area contributed by atoms with Crippen LogP contribution >= 0.6 is 0 Å². The summed E-state index contributed by atoms with van der Waals surface area (Å²) in [6, 6.07) is 0. The van der Waals surface area contributed by atoms with Crippen LogP contribution < -0.4 is 0 Å². The molecule has 0 aromatic carbocycles. The molecule has 0 spiro atoms. The molecule has 0 radical (unpaired) electrons. The van der Waals surface area contributed by atoms with Crippen LogP contribution in [0.15, 0.2) is 0 Å². The van der Waals surface area contributed by atoms with Gasteiger partial charge in [-0.1, -0.05) is 337 Å². The van der Waals surface area contributed by atoms with Crippen molar-refractivity contribution < 1.29 is 19.1 Å². The SMILES string of the molecule is CCCCCCCCCCCCCC(=O)OC(CCCCCCCC)CCCCCCCCCCC.CCCCCCCCCCCCCC(=O)OCCCCCCCCCCCCCCCC(C)C. The largest absolute Gasteiger partial charge is 0.466 e. The van der Waals surface area contributed by atoms with E-state index in [1.807, 2.05) is 0 Å². The molecule has 0 saturated heterocycles. The van der Waals surface area contributed by atoms with Crippen LogP contribution in [0.1, 0.15) is 395 Å². The molecule has 0 bridgehead atoms. The van der Waals surface area contributed by atoms with Gasteiger partial charge in [0.1, 0.15) is 6.10 Å². The molecule has 0 amide bonds. The van der Waals surface area contributed by atoms with Gasteiger partial charge < -0.3 is 9.47 Å². The quantitative estimate of drug-likeness (QED) is 0.0450. The van der Waals surface area contributed by atoms with Crippen LogP contribution in [0.25, 0.3) is 0 Å². The van der Waals surface area contributed by atoms with E-state index in [9.17, 15) is 9.59 Å². The fourth-order valence-electron chi connectivity index (χ4n) is 10.1. The zero-order valence-electron chi connectivity index (χ0n) is 49.4. The number of unbranched alkanes of at least 4 members (excludes halogenated alkanes) is 45. The Bertz CT molecular complexity index is 962. The maximum Gasteiger partial charge on any atom is 0.306 e. The van der Waals surface area contributed by atoms with Crippen molar-refractivity contribution in [2.45, 2.75) is 401 Å². The number of esters is 2. The molecule has 420 valence electrons. The summed E-state index contributed by atoms with van der Waals surface area (Å²) in [5.41, 5.74) is 0. The first-order valence-corrected chi connectivity index (χ1v) is 32.8. The molecule has 0 aliphatic rings. The highest BCUT2D eigenvalue weighted by molar-refractivity contribution is 5.69. The third-order valence-electron chi connectivity index (χ3n) is 15.0. The van der Waals surface area contributed by atoms with E-state index in [0.717, 1.165) is 38.0 Å². The van der Waals surface area contributed by atoms with Crippen LogP contribution in [0.5, 0.6) is 0 Å². The van der Waals surface area contributed by atoms with Crippen molar-refractivity contribution in [3.63, 3.8) is 0 Å². The van der Waals surface area contributed by atoms with Crippen LogP contribution in [-0.2, 0) is 19.1 Å². The van der Waals surface area contributed by atoms with Crippen LogP contribution in [0.3, 0.4) is 0 Å². The Morgan fingerprint density at radius 3 is 0.786 bits per heavy atom. The van der Waals surface area contributed by atoms with Crippen molar-refractivity contribution in [1.29, 1.82) is 0 Å². The maximum atomic E-state index is 12.5. The summed E-state index contributed by atoms with van der Waals surface area (Å²) in [6.07, 6.45) is 71.8. The van der Waals surface area contributed by atoms with Gasteiger partial charge in [-0.15, -0.1) is 0 Å². The average molecular weight is 990 g/mol. The first-order chi connectivity index (χ1) is 34.4. The van der Waals surface area contributed by atoms with Crippen LogP contribution in [0.4, 0.5) is 0 Å². The minimum Gasteiger partial charge on any atom is -0.466 e. The Labute approximate surface area is 442 Å². The van der Waals surface area contributed by atoms with Gasteiger partial charge in [-0.3, -0.25) is 9.59 Å². The molecule has 0 saturated carbocycles. The standard InChI is InChI=1S/C34H68O2.C32H64O2/c1-4-7-10-13-16-18-19-21-23-26-29-32-34(35)36-33(30-27-24-15-12-9-6-3)31-28-25-22-20-17-14-11-8-5-2;1-4-5-6-7-8-9-13-17-20-23-26-29-32(33)34-30-27-24-21-18-15-12-10-11-14-16-19-22-25-28-31(2)3/h33H,4-32H2,1-3H3;31H,4-30H2,1-3H3. The lowest BCUT2D eigenvalue weighted by Crippen LogP contribution is -2.18. The summed E-state index contributed by atoms with van der Waals surface area (Å²) in [5, 5.41) is 0. The molecule has 1 unspecified atom stereocenters. The topological polar surface area (TPSA) is 52.6 Å². The lowest BCUT2D eigenvalue weighted by atomic mass is 10.0. The van der Waals surface area contributed by atoms with Gasteiger partial charge in [-0.05, 0) is 50.9 Å². The first-order valence-electron chi connectivity index (χ1n) is 32.8. The molecule has 0 aromatic rings. The van der Waals surface area contributed by atoms with Gasteiger partial charge in [-0.2, -0.15) is 0 Å². The number of rotatable bonds is 58. The monoisotopic (exact) mass is 989 g/mol. The predicted molar refractivity (Wildman–Crippen MR) is 312 cm³/mol. The van der Waals surface area contributed by atoms with E-state index >= 15 is 0 Å². The van der Waals surface area contributed by atoms with E-state index in [4.69, 9.17) is 9.47 Å². The second-order valence-electron chi connectivity index (χ2n) is 22.9. The smallest absolute Gasteiger partial charge is 0.306 e. The van der Waals surface area contributed by atoms with E-state index < -0.39 is 0 Å². The molecule has 0 N–H and O–H groups in total. The lowest BCUT2D eigenvalue weighted by Gasteiger charge is -2.18. The Kier molecular flexibility index (Phi) is 65.0. The maximum absolute atomic E-state index is 12.5. The Morgan fingerprint density at radius 2 is 0.500 bits per heavy atom. The highest BCUT2D eigenvalue weighted by Crippen LogP contribution is 2.20. The highest BCUT2D eigenvalue weighted by Gasteiger charge is 2.14. The van der Waals surface area contributed by atoms with Crippen molar-refractivity contribution in [2.24, 2.45) is 5.92 Å². The third-order valence-corrected chi connectivity index (χ3v) is 15.0. The second-order valence-corrected chi connectivity index (χ2v) is 22.9. The molecule has 4 nitrogen and oxygen atoms in total. The minimum absolute atomic E-state index is 0.0239. The lowest BCUT2D eigenvalue weighted by molar-refractivity contribution is -0.150. The third kappa shape index (κ3) is 65.0. The molecule has 0 aromatic heterocycles. The summed E-state index contributed by atoms with van der Waals surface area (Å²) < 4.78 is 11.4. The van der Waals surface area contributed by atoms with Crippen molar-refractivity contribution in [3.8, 4) is 0 Å². The van der Waals surface area contributed by atoms with E-state index in [2.05, 4.69) is 41.5 Å². The minimum atomic E-state index is 0.0239. The Morgan fingerprint density at radius 1 is 0.271 bits per heavy atom. The van der Waals surface area contributed by atoms with Crippen molar-refractivity contribution in [1.82, 2.24) is 0 Å². The second kappa shape index (κ2) is 64.1. The van der Waals surface area contributed by atoms with Crippen LogP contribution in [-0.4, -0.2) is 24.6 Å². The normalized spacial score (nSPS) is 11.8. The fourth-order valence-corrected chi connectivity index (χ4v) is 10.1. The molecule has 4 heteroatoms. The van der Waals surface area contributed by atoms with Gasteiger partial charge in [0.15, 0.2) is 0 Å². The molecule has 0 aliphatic heterocycles. The van der Waals surface area contributed by atoms with E-state index in [0.29, 0.717) is 19.4 Å². The zero-order chi connectivity index (χ0) is 51.3. The number of hydrogen-bond acceptors (Lipinski definition) is 4. The predicted octanol–water partition coefficient (Wildman–Crippen LogP) is 23.6.